The summed E-state index contributed by atoms with van der Waals surface area (Å²) in [5.74, 6) is 0.0819. The summed E-state index contributed by atoms with van der Waals surface area (Å²) in [6.07, 6.45) is 3.53. The van der Waals surface area contributed by atoms with Crippen LogP contribution in [0.25, 0.3) is 11.1 Å². The van der Waals surface area contributed by atoms with Crippen LogP contribution in [0.3, 0.4) is 0 Å². The first-order valence-corrected chi connectivity index (χ1v) is 11.5. The molecule has 2 aliphatic rings. The largest absolute Gasteiger partial charge is 0.349 e. The molecular formula is C28H29FN2O. The summed E-state index contributed by atoms with van der Waals surface area (Å²) in [7, 11) is 0. The van der Waals surface area contributed by atoms with E-state index in [1.807, 2.05) is 18.2 Å². The molecule has 2 heterocycles. The molecule has 3 nitrogen and oxygen atoms in total. The van der Waals surface area contributed by atoms with Crippen molar-refractivity contribution in [3.05, 3.63) is 95.8 Å². The topological polar surface area (TPSA) is 32.3 Å². The maximum Gasteiger partial charge on any atom is 0.220 e. The van der Waals surface area contributed by atoms with Crippen LogP contribution in [0.5, 0.6) is 0 Å². The van der Waals surface area contributed by atoms with E-state index in [-0.39, 0.29) is 23.2 Å². The molecule has 0 bridgehead atoms. The number of carbonyl (C=O) groups is 1. The molecule has 2 aliphatic heterocycles. The molecule has 3 aromatic rings. The predicted molar refractivity (Wildman–Crippen MR) is 126 cm³/mol. The van der Waals surface area contributed by atoms with Crippen LogP contribution in [-0.2, 0) is 11.3 Å². The number of rotatable bonds is 4. The third-order valence-electron chi connectivity index (χ3n) is 7.02. The van der Waals surface area contributed by atoms with Crippen molar-refractivity contribution in [1.29, 1.82) is 0 Å². The van der Waals surface area contributed by atoms with Gasteiger partial charge in [-0.2, -0.15) is 0 Å². The summed E-state index contributed by atoms with van der Waals surface area (Å²) in [6, 6.07) is 26.0. The van der Waals surface area contributed by atoms with Gasteiger partial charge in [0.25, 0.3) is 0 Å². The Morgan fingerprint density at radius 1 is 0.906 bits per heavy atom. The fourth-order valence-corrected chi connectivity index (χ4v) is 5.45. The molecule has 1 spiro atoms. The molecule has 32 heavy (non-hydrogen) atoms. The number of halogens is 1. The Hall–Kier alpha value is -2.98. The van der Waals surface area contributed by atoms with Gasteiger partial charge in [0.15, 0.2) is 0 Å². The summed E-state index contributed by atoms with van der Waals surface area (Å²) in [4.78, 5) is 15.0. The summed E-state index contributed by atoms with van der Waals surface area (Å²) < 4.78 is 13.6. The Morgan fingerprint density at radius 3 is 2.38 bits per heavy atom. The lowest BCUT2D eigenvalue weighted by Gasteiger charge is -2.35. The lowest BCUT2D eigenvalue weighted by atomic mass is 9.79. The monoisotopic (exact) mass is 428 g/mol. The quantitative estimate of drug-likeness (QED) is 0.593. The second-order valence-electron chi connectivity index (χ2n) is 9.25. The summed E-state index contributed by atoms with van der Waals surface area (Å²) >= 11 is 0. The molecule has 3 aromatic carbocycles. The van der Waals surface area contributed by atoms with E-state index in [1.54, 1.807) is 0 Å². The van der Waals surface area contributed by atoms with Crippen molar-refractivity contribution in [2.45, 2.75) is 43.7 Å². The van der Waals surface area contributed by atoms with Gasteiger partial charge in [0, 0.05) is 32.0 Å². The lowest BCUT2D eigenvalue weighted by Crippen LogP contribution is -2.52. The van der Waals surface area contributed by atoms with E-state index in [2.05, 4.69) is 58.7 Å². The highest BCUT2D eigenvalue weighted by Crippen LogP contribution is 2.41. The number of hydrogen-bond acceptors (Lipinski definition) is 2. The number of likely N-dealkylation sites (tertiary alicyclic amines) is 1. The van der Waals surface area contributed by atoms with Crippen molar-refractivity contribution in [3.63, 3.8) is 0 Å². The standard InChI is InChI=1S/C28H29FN2O/c29-25-15-13-24(14-16-25)26-19-31(20-28(26)17-5-4-8-27(32)30-28)18-21-9-11-23(12-10-21)22-6-2-1-3-7-22/h1-3,6-7,9-16,26H,4-5,8,17-20H2,(H,30,32)/t26-,28+/m0/s1. The fourth-order valence-electron chi connectivity index (χ4n) is 5.45. The van der Waals surface area contributed by atoms with E-state index in [0.29, 0.717) is 6.42 Å². The summed E-state index contributed by atoms with van der Waals surface area (Å²) in [6.45, 7) is 2.51. The Kier molecular flexibility index (Phi) is 5.79. The van der Waals surface area contributed by atoms with Crippen molar-refractivity contribution in [2.75, 3.05) is 13.1 Å². The highest BCUT2D eigenvalue weighted by Gasteiger charge is 2.48. The van der Waals surface area contributed by atoms with Crippen LogP contribution >= 0.6 is 0 Å². The summed E-state index contributed by atoms with van der Waals surface area (Å²) in [5, 5.41) is 3.39. The number of carbonyl (C=O) groups excluding carboxylic acids is 1. The van der Waals surface area contributed by atoms with Gasteiger partial charge >= 0.3 is 0 Å². The van der Waals surface area contributed by atoms with Crippen LogP contribution in [0, 0.1) is 5.82 Å². The van der Waals surface area contributed by atoms with Crippen LogP contribution in [0.4, 0.5) is 4.39 Å². The van der Waals surface area contributed by atoms with E-state index < -0.39 is 0 Å². The zero-order valence-electron chi connectivity index (χ0n) is 18.3. The van der Waals surface area contributed by atoms with Gasteiger partial charge in [-0.05, 0) is 47.2 Å². The van der Waals surface area contributed by atoms with E-state index in [1.165, 1.54) is 28.8 Å². The average Bonchev–Trinajstić information content (AvgIpc) is 3.03. The first kappa shape index (κ1) is 20.9. The Balaban J connectivity index is 1.38. The van der Waals surface area contributed by atoms with Crippen LogP contribution < -0.4 is 5.32 Å². The van der Waals surface area contributed by atoms with Crippen molar-refractivity contribution in [1.82, 2.24) is 10.2 Å². The third-order valence-corrected chi connectivity index (χ3v) is 7.02. The van der Waals surface area contributed by atoms with Gasteiger partial charge in [-0.3, -0.25) is 9.69 Å². The van der Waals surface area contributed by atoms with Crippen LogP contribution in [0.15, 0.2) is 78.9 Å². The molecule has 0 aliphatic carbocycles. The normalized spacial score (nSPS) is 23.8. The third kappa shape index (κ3) is 4.33. The minimum absolute atomic E-state index is 0.142. The first-order valence-electron chi connectivity index (χ1n) is 11.5. The van der Waals surface area contributed by atoms with Crippen LogP contribution in [0.2, 0.25) is 0 Å². The van der Waals surface area contributed by atoms with Crippen molar-refractivity contribution in [2.24, 2.45) is 0 Å². The Morgan fingerprint density at radius 2 is 1.62 bits per heavy atom. The lowest BCUT2D eigenvalue weighted by molar-refractivity contribution is -0.122. The maximum atomic E-state index is 13.6. The van der Waals surface area contributed by atoms with Gasteiger partial charge in [-0.25, -0.2) is 4.39 Å². The smallest absolute Gasteiger partial charge is 0.220 e. The molecule has 0 unspecified atom stereocenters. The van der Waals surface area contributed by atoms with E-state index in [9.17, 15) is 9.18 Å². The van der Waals surface area contributed by atoms with Gasteiger partial charge in [-0.1, -0.05) is 73.2 Å². The fraction of sp³-hybridized carbons (Fsp3) is 0.321. The van der Waals surface area contributed by atoms with Gasteiger partial charge in [0.1, 0.15) is 5.82 Å². The number of amides is 1. The van der Waals surface area contributed by atoms with E-state index in [0.717, 1.165) is 44.5 Å². The molecule has 1 N–H and O–H groups in total. The molecule has 1 amide bonds. The zero-order chi connectivity index (χ0) is 22.0. The second-order valence-corrected chi connectivity index (χ2v) is 9.25. The molecule has 0 saturated carbocycles. The van der Waals surface area contributed by atoms with Crippen LogP contribution in [0.1, 0.15) is 42.7 Å². The van der Waals surface area contributed by atoms with Gasteiger partial charge in [0.2, 0.25) is 5.91 Å². The van der Waals surface area contributed by atoms with Crippen molar-refractivity contribution in [3.8, 4) is 11.1 Å². The van der Waals surface area contributed by atoms with Crippen molar-refractivity contribution < 1.29 is 9.18 Å². The summed E-state index contributed by atoms with van der Waals surface area (Å²) in [5.41, 5.74) is 4.52. The number of nitrogens with one attached hydrogen (secondary N) is 1. The first-order chi connectivity index (χ1) is 15.6. The number of benzene rings is 3. The van der Waals surface area contributed by atoms with Crippen LogP contribution in [-0.4, -0.2) is 29.4 Å². The Bertz CT molecular complexity index is 1060. The van der Waals surface area contributed by atoms with Gasteiger partial charge in [-0.15, -0.1) is 0 Å². The number of hydrogen-bond donors (Lipinski definition) is 1. The minimum Gasteiger partial charge on any atom is -0.349 e. The SMILES string of the molecule is O=C1CCCC[C@]2(CN(Cc3ccc(-c4ccccc4)cc3)C[C@H]2c2ccc(F)cc2)N1. The van der Waals surface area contributed by atoms with E-state index >= 15 is 0 Å². The van der Waals surface area contributed by atoms with Gasteiger partial charge < -0.3 is 5.32 Å². The zero-order valence-corrected chi connectivity index (χ0v) is 18.3. The molecule has 0 aromatic heterocycles. The molecule has 2 atom stereocenters. The molecule has 164 valence electrons. The molecule has 2 saturated heterocycles. The predicted octanol–water partition coefficient (Wildman–Crippen LogP) is 5.52. The molecule has 0 radical (unpaired) electrons. The maximum absolute atomic E-state index is 13.6. The molecule has 2 fully saturated rings. The highest BCUT2D eigenvalue weighted by atomic mass is 19.1. The molecular weight excluding hydrogens is 399 g/mol. The highest BCUT2D eigenvalue weighted by molar-refractivity contribution is 5.77. The molecule has 5 rings (SSSR count). The van der Waals surface area contributed by atoms with E-state index in [4.69, 9.17) is 0 Å². The molecule has 4 heteroatoms. The van der Waals surface area contributed by atoms with Gasteiger partial charge in [0.05, 0.1) is 5.54 Å². The average molecular weight is 429 g/mol. The van der Waals surface area contributed by atoms with Crippen molar-refractivity contribution >= 4 is 5.91 Å². The minimum atomic E-state index is -0.282. The number of nitrogens with zero attached hydrogens (tertiary/aromatic N) is 1. The second kappa shape index (κ2) is 8.87. The Labute approximate surface area is 189 Å².